The van der Waals surface area contributed by atoms with Crippen LogP contribution in [0.1, 0.15) is 27.1 Å². The molecule has 2 amide bonds. The number of hydrogen-bond acceptors (Lipinski definition) is 5. The molecule has 0 radical (unpaired) electrons. The Bertz CT molecular complexity index is 711. The van der Waals surface area contributed by atoms with Crippen molar-refractivity contribution in [1.29, 1.82) is 0 Å². The Kier molecular flexibility index (Phi) is 2.82. The van der Waals surface area contributed by atoms with Gasteiger partial charge in [0.05, 0.1) is 22.6 Å². The third-order valence-electron chi connectivity index (χ3n) is 3.80. The summed E-state index contributed by atoms with van der Waals surface area (Å²) in [5.74, 6) is -0.823. The number of carbonyl (C=O) groups excluding carboxylic acids is 2. The van der Waals surface area contributed by atoms with Crippen LogP contribution >= 0.6 is 0 Å². The Hall–Kier alpha value is -1.89. The van der Waals surface area contributed by atoms with Crippen molar-refractivity contribution in [2.75, 3.05) is 23.8 Å². The summed E-state index contributed by atoms with van der Waals surface area (Å²) < 4.78 is 22.9. The first-order valence-electron chi connectivity index (χ1n) is 6.34. The molecular formula is C13H14N2O4S. The maximum atomic E-state index is 12.3. The summed E-state index contributed by atoms with van der Waals surface area (Å²) in [5, 5.41) is 0. The normalized spacial score (nSPS) is 24.2. The number of benzene rings is 1. The van der Waals surface area contributed by atoms with Crippen LogP contribution in [0, 0.1) is 5.92 Å². The van der Waals surface area contributed by atoms with Crippen molar-refractivity contribution in [3.63, 3.8) is 0 Å². The molecule has 2 aliphatic heterocycles. The van der Waals surface area contributed by atoms with E-state index in [1.54, 1.807) is 18.2 Å². The predicted molar refractivity (Wildman–Crippen MR) is 73.0 cm³/mol. The number of rotatable bonds is 2. The quantitative estimate of drug-likeness (QED) is 0.625. The molecule has 106 valence electrons. The molecule has 0 spiro atoms. The van der Waals surface area contributed by atoms with Gasteiger partial charge in [0.15, 0.2) is 9.84 Å². The second kappa shape index (κ2) is 4.31. The van der Waals surface area contributed by atoms with Gasteiger partial charge in [-0.2, -0.15) is 0 Å². The van der Waals surface area contributed by atoms with Gasteiger partial charge in [-0.05, 0) is 24.5 Å². The molecule has 1 aromatic carbocycles. The summed E-state index contributed by atoms with van der Waals surface area (Å²) in [6, 6.07) is 4.77. The van der Waals surface area contributed by atoms with Crippen molar-refractivity contribution >= 4 is 27.3 Å². The molecule has 1 atom stereocenters. The van der Waals surface area contributed by atoms with Gasteiger partial charge < -0.3 is 5.73 Å². The molecule has 0 aliphatic carbocycles. The largest absolute Gasteiger partial charge is 0.398 e. The van der Waals surface area contributed by atoms with Crippen molar-refractivity contribution in [3.8, 4) is 0 Å². The fraction of sp³-hybridized carbons (Fsp3) is 0.385. The van der Waals surface area contributed by atoms with Crippen LogP contribution in [-0.2, 0) is 9.84 Å². The van der Waals surface area contributed by atoms with Crippen molar-refractivity contribution in [2.45, 2.75) is 6.42 Å². The SMILES string of the molecule is Nc1cccc2c1C(=O)N(CC1CCS(=O)(=O)C1)C2=O. The van der Waals surface area contributed by atoms with Gasteiger partial charge in [0.25, 0.3) is 11.8 Å². The first-order valence-corrected chi connectivity index (χ1v) is 8.16. The summed E-state index contributed by atoms with van der Waals surface area (Å²) in [4.78, 5) is 25.6. The van der Waals surface area contributed by atoms with Crippen molar-refractivity contribution in [2.24, 2.45) is 5.92 Å². The van der Waals surface area contributed by atoms with Gasteiger partial charge in [-0.15, -0.1) is 0 Å². The number of nitrogens with two attached hydrogens (primary N) is 1. The van der Waals surface area contributed by atoms with E-state index in [-0.39, 0.29) is 41.1 Å². The van der Waals surface area contributed by atoms with E-state index in [4.69, 9.17) is 5.73 Å². The number of imide groups is 1. The van der Waals surface area contributed by atoms with E-state index in [1.165, 1.54) is 0 Å². The molecule has 0 saturated carbocycles. The monoisotopic (exact) mass is 294 g/mol. The molecule has 6 nitrogen and oxygen atoms in total. The Morgan fingerprint density at radius 1 is 1.25 bits per heavy atom. The van der Waals surface area contributed by atoms with Gasteiger partial charge in [-0.3, -0.25) is 14.5 Å². The van der Waals surface area contributed by atoms with Crippen LogP contribution in [0.3, 0.4) is 0 Å². The summed E-state index contributed by atoms with van der Waals surface area (Å²) in [6.45, 7) is 0.144. The number of amides is 2. The van der Waals surface area contributed by atoms with E-state index in [2.05, 4.69) is 0 Å². The predicted octanol–water partition coefficient (Wildman–Crippen LogP) is 0.300. The molecular weight excluding hydrogens is 280 g/mol. The first kappa shape index (κ1) is 13.1. The number of carbonyl (C=O) groups is 2. The van der Waals surface area contributed by atoms with Crippen LogP contribution in [0.4, 0.5) is 5.69 Å². The van der Waals surface area contributed by atoms with Crippen LogP contribution < -0.4 is 5.73 Å². The number of nitrogens with zero attached hydrogens (tertiary/aromatic N) is 1. The maximum Gasteiger partial charge on any atom is 0.263 e. The van der Waals surface area contributed by atoms with E-state index < -0.39 is 15.7 Å². The highest BCUT2D eigenvalue weighted by atomic mass is 32.2. The van der Waals surface area contributed by atoms with E-state index in [9.17, 15) is 18.0 Å². The molecule has 1 aromatic rings. The lowest BCUT2D eigenvalue weighted by Gasteiger charge is -2.17. The standard InChI is InChI=1S/C13H14N2O4S/c14-10-3-1-2-9-11(10)13(17)15(12(9)16)6-8-4-5-20(18,19)7-8/h1-3,8H,4-7,14H2. The topological polar surface area (TPSA) is 97.5 Å². The third kappa shape index (κ3) is 1.98. The van der Waals surface area contributed by atoms with E-state index in [1.807, 2.05) is 0 Å². The van der Waals surface area contributed by atoms with Gasteiger partial charge in [-0.25, -0.2) is 8.42 Å². The smallest absolute Gasteiger partial charge is 0.263 e. The van der Waals surface area contributed by atoms with Gasteiger partial charge in [0, 0.05) is 12.2 Å². The number of sulfone groups is 1. The molecule has 20 heavy (non-hydrogen) atoms. The lowest BCUT2D eigenvalue weighted by atomic mass is 10.1. The minimum absolute atomic E-state index is 0.0376. The first-order chi connectivity index (χ1) is 9.39. The highest BCUT2D eigenvalue weighted by Crippen LogP contribution is 2.29. The van der Waals surface area contributed by atoms with Gasteiger partial charge in [0.1, 0.15) is 0 Å². The molecule has 2 heterocycles. The molecule has 2 aliphatic rings. The van der Waals surface area contributed by atoms with Crippen LogP contribution in [0.25, 0.3) is 0 Å². The summed E-state index contributed by atoms with van der Waals surface area (Å²) in [5.41, 5.74) is 6.56. The van der Waals surface area contributed by atoms with Crippen LogP contribution in [-0.4, -0.2) is 43.2 Å². The van der Waals surface area contributed by atoms with Gasteiger partial charge in [0.2, 0.25) is 0 Å². The second-order valence-corrected chi connectivity index (χ2v) is 7.49. The fourth-order valence-corrected chi connectivity index (χ4v) is 4.65. The molecule has 1 saturated heterocycles. The van der Waals surface area contributed by atoms with E-state index in [0.29, 0.717) is 12.0 Å². The van der Waals surface area contributed by atoms with E-state index >= 15 is 0 Å². The lowest BCUT2D eigenvalue weighted by Crippen LogP contribution is -2.35. The molecule has 1 unspecified atom stereocenters. The number of anilines is 1. The Morgan fingerprint density at radius 2 is 2.00 bits per heavy atom. The minimum atomic E-state index is -3.02. The van der Waals surface area contributed by atoms with E-state index in [0.717, 1.165) is 4.90 Å². The highest BCUT2D eigenvalue weighted by Gasteiger charge is 2.40. The lowest BCUT2D eigenvalue weighted by molar-refractivity contribution is 0.0634. The molecule has 0 aromatic heterocycles. The molecule has 2 N–H and O–H groups in total. The van der Waals surface area contributed by atoms with Crippen molar-refractivity contribution in [3.05, 3.63) is 29.3 Å². The zero-order chi connectivity index (χ0) is 14.5. The number of nitrogen functional groups attached to an aromatic ring is 1. The average Bonchev–Trinajstić information content (AvgIpc) is 2.83. The number of hydrogen-bond donors (Lipinski definition) is 1. The minimum Gasteiger partial charge on any atom is -0.398 e. The molecule has 3 rings (SSSR count). The highest BCUT2D eigenvalue weighted by molar-refractivity contribution is 7.91. The van der Waals surface area contributed by atoms with Gasteiger partial charge in [-0.1, -0.05) is 6.07 Å². The average molecular weight is 294 g/mol. The van der Waals surface area contributed by atoms with Gasteiger partial charge >= 0.3 is 0 Å². The maximum absolute atomic E-state index is 12.3. The van der Waals surface area contributed by atoms with Crippen molar-refractivity contribution < 1.29 is 18.0 Å². The molecule has 1 fully saturated rings. The number of fused-ring (bicyclic) bond motifs is 1. The summed E-state index contributed by atoms with van der Waals surface area (Å²) in [6.07, 6.45) is 0.491. The molecule has 7 heteroatoms. The zero-order valence-electron chi connectivity index (χ0n) is 10.7. The van der Waals surface area contributed by atoms with Crippen molar-refractivity contribution in [1.82, 2.24) is 4.90 Å². The Morgan fingerprint density at radius 3 is 2.60 bits per heavy atom. The second-order valence-electron chi connectivity index (χ2n) is 5.26. The Balaban J connectivity index is 1.86. The third-order valence-corrected chi connectivity index (χ3v) is 5.64. The Labute approximate surface area is 116 Å². The fourth-order valence-electron chi connectivity index (χ4n) is 2.80. The summed E-state index contributed by atoms with van der Waals surface area (Å²) >= 11 is 0. The zero-order valence-corrected chi connectivity index (χ0v) is 11.5. The van der Waals surface area contributed by atoms with Crippen LogP contribution in [0.2, 0.25) is 0 Å². The molecule has 0 bridgehead atoms. The van der Waals surface area contributed by atoms with Crippen LogP contribution in [0.5, 0.6) is 0 Å². The van der Waals surface area contributed by atoms with Crippen LogP contribution in [0.15, 0.2) is 18.2 Å². The summed E-state index contributed by atoms with van der Waals surface area (Å²) in [7, 11) is -3.02.